The van der Waals surface area contributed by atoms with Crippen LogP contribution in [0.15, 0.2) is 65.3 Å². The van der Waals surface area contributed by atoms with Crippen molar-refractivity contribution in [2.24, 2.45) is 0 Å². The number of rotatable bonds is 6. The Morgan fingerprint density at radius 3 is 1.82 bits per heavy atom. The number of thiazole rings is 2. The second-order valence-corrected chi connectivity index (χ2v) is 14.2. The molecule has 6 rings (SSSR count). The average molecular weight is 897 g/mol. The Bertz CT molecular complexity index is 1920. The fourth-order valence-corrected chi connectivity index (χ4v) is 8.33. The summed E-state index contributed by atoms with van der Waals surface area (Å²) in [5.74, 6) is 0.0889. The smallest absolute Gasteiger partial charge is 1.00 e. The SMILES string of the molecule is CCc1nc2sccn2c1C(=O)c1cc(Br)c(O)c(Br)c1.CCc1nc2sccn2c1C(O)c1cc(Br)c(O)c(Br)c1.[B].[H-].[Na+]. The average Bonchev–Trinajstić information content (AvgIpc) is 3.74. The molecule has 44 heavy (non-hydrogen) atoms. The number of halogens is 4. The maximum absolute atomic E-state index is 12.8. The van der Waals surface area contributed by atoms with E-state index in [1.807, 2.05) is 45.8 Å². The van der Waals surface area contributed by atoms with Gasteiger partial charge in [-0.25, -0.2) is 9.97 Å². The molecule has 0 bridgehead atoms. The number of phenols is 2. The molecule has 1 unspecified atom stereocenters. The van der Waals surface area contributed by atoms with Crippen molar-refractivity contribution in [3.8, 4) is 11.5 Å². The Morgan fingerprint density at radius 1 is 0.841 bits per heavy atom. The van der Waals surface area contributed by atoms with E-state index < -0.39 is 6.10 Å². The molecule has 0 aliphatic rings. The van der Waals surface area contributed by atoms with Crippen molar-refractivity contribution < 1.29 is 51.1 Å². The fourth-order valence-electron chi connectivity index (χ4n) is 4.45. The number of phenolic OH excluding ortho intramolecular Hbond substituents is 2. The Labute approximate surface area is 320 Å². The van der Waals surface area contributed by atoms with E-state index in [2.05, 4.69) is 73.7 Å². The monoisotopic (exact) mass is 893 g/mol. The van der Waals surface area contributed by atoms with Crippen LogP contribution in [0.2, 0.25) is 0 Å². The number of hydrogen-bond donors (Lipinski definition) is 3. The number of aromatic nitrogens is 4. The predicted molar refractivity (Wildman–Crippen MR) is 186 cm³/mol. The first-order chi connectivity index (χ1) is 20.0. The number of benzene rings is 2. The van der Waals surface area contributed by atoms with E-state index in [9.17, 15) is 20.1 Å². The van der Waals surface area contributed by atoms with Crippen molar-refractivity contribution in [2.75, 3.05) is 0 Å². The molecular formula is C28H23BBr4N4NaO4S2. The Kier molecular flexibility index (Phi) is 13.4. The first-order valence-corrected chi connectivity index (χ1v) is 17.5. The van der Waals surface area contributed by atoms with Crippen molar-refractivity contribution >= 4 is 111 Å². The largest absolute Gasteiger partial charge is 1.00 e. The van der Waals surface area contributed by atoms with Crippen LogP contribution in [0.1, 0.15) is 60.1 Å². The number of ketones is 1. The van der Waals surface area contributed by atoms with Crippen LogP contribution in [0.3, 0.4) is 0 Å². The van der Waals surface area contributed by atoms with Gasteiger partial charge in [-0.1, -0.05) is 13.8 Å². The third-order valence-corrected chi connectivity index (χ3v) is 10.4. The van der Waals surface area contributed by atoms with Gasteiger partial charge >= 0.3 is 29.6 Å². The number of aliphatic hydroxyl groups excluding tert-OH is 1. The minimum absolute atomic E-state index is 0. The number of nitrogens with zero attached hydrogens (tertiary/aromatic N) is 4. The van der Waals surface area contributed by atoms with Gasteiger partial charge in [-0.05, 0) is 106 Å². The van der Waals surface area contributed by atoms with Crippen LogP contribution in [0.5, 0.6) is 11.5 Å². The molecule has 8 nitrogen and oxygen atoms in total. The molecule has 0 saturated heterocycles. The summed E-state index contributed by atoms with van der Waals surface area (Å²) in [7, 11) is 0. The summed E-state index contributed by atoms with van der Waals surface area (Å²) in [6, 6.07) is 6.67. The minimum Gasteiger partial charge on any atom is -1.00 e. The summed E-state index contributed by atoms with van der Waals surface area (Å²) in [5, 5.41) is 34.2. The summed E-state index contributed by atoms with van der Waals surface area (Å²) in [6.07, 6.45) is 4.40. The van der Waals surface area contributed by atoms with Crippen LogP contribution < -0.4 is 29.6 Å². The summed E-state index contributed by atoms with van der Waals surface area (Å²) >= 11 is 16.1. The second-order valence-electron chi connectivity index (χ2n) is 9.02. The van der Waals surface area contributed by atoms with Crippen LogP contribution in [-0.4, -0.2) is 48.3 Å². The fraction of sp³-hybridized carbons (Fsp3) is 0.179. The molecule has 0 aliphatic heterocycles. The van der Waals surface area contributed by atoms with E-state index in [1.54, 1.807) is 35.6 Å². The number of carbonyl (C=O) groups excluding carboxylic acids is 1. The Hall–Kier alpha value is -1.01. The minimum atomic E-state index is -0.808. The topological polar surface area (TPSA) is 112 Å². The predicted octanol–water partition coefficient (Wildman–Crippen LogP) is 5.43. The van der Waals surface area contributed by atoms with Gasteiger partial charge in [0.1, 0.15) is 23.3 Å². The van der Waals surface area contributed by atoms with Crippen LogP contribution in [0.4, 0.5) is 0 Å². The zero-order valence-electron chi connectivity index (χ0n) is 24.6. The number of aryl methyl sites for hydroxylation is 2. The van der Waals surface area contributed by atoms with Crippen molar-refractivity contribution in [1.82, 2.24) is 18.8 Å². The molecule has 0 fully saturated rings. The number of aliphatic hydroxyl groups is 1. The second kappa shape index (κ2) is 15.7. The Balaban J connectivity index is 0.000000294. The number of fused-ring (bicyclic) bond motifs is 2. The summed E-state index contributed by atoms with van der Waals surface area (Å²) in [6.45, 7) is 4.00. The molecular weight excluding hydrogens is 874 g/mol. The maximum atomic E-state index is 12.8. The van der Waals surface area contributed by atoms with Crippen molar-refractivity contribution in [2.45, 2.75) is 32.8 Å². The van der Waals surface area contributed by atoms with Crippen molar-refractivity contribution in [1.29, 1.82) is 0 Å². The molecule has 0 aliphatic carbocycles. The molecule has 223 valence electrons. The molecule has 3 radical (unpaired) electrons. The van der Waals surface area contributed by atoms with Crippen LogP contribution in [0.25, 0.3) is 9.92 Å². The van der Waals surface area contributed by atoms with Gasteiger partial charge < -0.3 is 16.7 Å². The molecule has 4 heterocycles. The van der Waals surface area contributed by atoms with Crippen LogP contribution >= 0.6 is 86.4 Å². The number of carbonyl (C=O) groups is 1. The molecule has 4 aromatic heterocycles. The van der Waals surface area contributed by atoms with E-state index in [1.165, 1.54) is 11.3 Å². The van der Waals surface area contributed by atoms with Gasteiger partial charge in [0.05, 0.1) is 35.0 Å². The molecule has 0 saturated carbocycles. The zero-order chi connectivity index (χ0) is 30.3. The Morgan fingerprint density at radius 2 is 1.30 bits per heavy atom. The van der Waals surface area contributed by atoms with E-state index >= 15 is 0 Å². The van der Waals surface area contributed by atoms with E-state index in [4.69, 9.17) is 0 Å². The van der Waals surface area contributed by atoms with Gasteiger partial charge in [-0.15, -0.1) is 22.7 Å². The van der Waals surface area contributed by atoms with Crippen LogP contribution in [0, 0.1) is 0 Å². The van der Waals surface area contributed by atoms with E-state index in [0.717, 1.165) is 33.4 Å². The number of hydrogen-bond acceptors (Lipinski definition) is 8. The van der Waals surface area contributed by atoms with Crippen molar-refractivity contribution in [3.63, 3.8) is 0 Å². The molecule has 0 amide bonds. The molecule has 6 aromatic rings. The van der Waals surface area contributed by atoms with Crippen LogP contribution in [-0.2, 0) is 12.8 Å². The van der Waals surface area contributed by atoms with Gasteiger partial charge in [-0.2, -0.15) is 0 Å². The third kappa shape index (κ3) is 7.27. The van der Waals surface area contributed by atoms with Gasteiger partial charge in [0.25, 0.3) is 0 Å². The summed E-state index contributed by atoms with van der Waals surface area (Å²) in [5.41, 5.74) is 4.21. The quantitative estimate of drug-likeness (QED) is 0.152. The number of imidazole rings is 2. The molecule has 2 aromatic carbocycles. The zero-order valence-corrected chi connectivity index (χ0v) is 33.5. The van der Waals surface area contributed by atoms with Gasteiger partial charge in [0, 0.05) is 37.1 Å². The van der Waals surface area contributed by atoms with E-state index in [0.29, 0.717) is 41.1 Å². The molecule has 1 atom stereocenters. The maximum Gasteiger partial charge on any atom is 1.00 e. The first kappa shape index (κ1) is 37.5. The number of aromatic hydroxyl groups is 2. The standard InChI is InChI=1S/C14H12Br2N2O2S.C14H10Br2N2O2S.B.Na.H/c2*1-2-10-11(18-3-4-21-14(18)17-10)12(19)7-5-8(15)13(20)9(16)6-7;;;/h3-6,12,19-20H,2H2,1H3;3-6,20H,2H2,1H3;;;/q;;;+1;-1. The van der Waals surface area contributed by atoms with Gasteiger partial charge in [0.15, 0.2) is 9.92 Å². The van der Waals surface area contributed by atoms with E-state index in [-0.39, 0.29) is 56.7 Å². The first-order valence-electron chi connectivity index (χ1n) is 12.5. The third-order valence-electron chi connectivity index (χ3n) is 6.49. The summed E-state index contributed by atoms with van der Waals surface area (Å²) in [4.78, 5) is 23.6. The summed E-state index contributed by atoms with van der Waals surface area (Å²) < 4.78 is 5.77. The molecule has 0 spiro atoms. The van der Waals surface area contributed by atoms with Crippen molar-refractivity contribution in [3.05, 3.63) is 99.2 Å². The molecule has 3 N–H and O–H groups in total. The van der Waals surface area contributed by atoms with Gasteiger partial charge in [-0.3, -0.25) is 13.6 Å². The van der Waals surface area contributed by atoms with Gasteiger partial charge in [0.2, 0.25) is 5.78 Å². The normalized spacial score (nSPS) is 11.5. The molecule has 16 heteroatoms.